The molecule has 2 heterocycles. The lowest BCUT2D eigenvalue weighted by Gasteiger charge is -2.44. The second kappa shape index (κ2) is 3.80. The van der Waals surface area contributed by atoms with E-state index in [0.717, 1.165) is 19.6 Å². The van der Waals surface area contributed by atoms with Gasteiger partial charge in [-0.3, -0.25) is 0 Å². The van der Waals surface area contributed by atoms with E-state index in [-0.39, 0.29) is 12.0 Å². The minimum Gasteiger partial charge on any atom is -0.377 e. The fourth-order valence-corrected chi connectivity index (χ4v) is 2.72. The maximum Gasteiger partial charge on any atom is 0.0730 e. The second-order valence-corrected chi connectivity index (χ2v) is 4.40. The van der Waals surface area contributed by atoms with Gasteiger partial charge in [0.25, 0.3) is 0 Å². The largest absolute Gasteiger partial charge is 0.377 e. The Morgan fingerprint density at radius 1 is 1.38 bits per heavy atom. The summed E-state index contributed by atoms with van der Waals surface area (Å²) >= 11 is 0. The van der Waals surface area contributed by atoms with Gasteiger partial charge in [0.1, 0.15) is 0 Å². The van der Waals surface area contributed by atoms with Crippen LogP contribution in [0, 0.1) is 17.2 Å². The molecule has 16 heavy (non-hydrogen) atoms. The smallest absolute Gasteiger partial charge is 0.0730 e. The normalized spacial score (nSPS) is 27.8. The molecule has 1 aromatic carbocycles. The topological polar surface area (TPSA) is 36.3 Å². The summed E-state index contributed by atoms with van der Waals surface area (Å²) in [5.41, 5.74) is 2.59. The van der Waals surface area contributed by atoms with Gasteiger partial charge >= 0.3 is 0 Å². The predicted molar refractivity (Wildman–Crippen MR) is 61.2 cm³/mol. The molecule has 0 unspecified atom stereocenters. The molecule has 0 radical (unpaired) electrons. The molecule has 3 rings (SSSR count). The Balaban J connectivity index is 2.04. The van der Waals surface area contributed by atoms with Gasteiger partial charge in [0.15, 0.2) is 0 Å². The molecule has 0 aromatic heterocycles. The summed E-state index contributed by atoms with van der Waals surface area (Å²) in [5, 5.41) is 9.22. The van der Waals surface area contributed by atoms with Crippen LogP contribution in [0.3, 0.4) is 0 Å². The van der Waals surface area contributed by atoms with Crippen molar-refractivity contribution >= 4 is 5.69 Å². The molecule has 0 N–H and O–H groups in total. The molecule has 82 valence electrons. The predicted octanol–water partition coefficient (Wildman–Crippen LogP) is 1.59. The number of ether oxygens (including phenoxy) is 1. The van der Waals surface area contributed by atoms with Crippen molar-refractivity contribution in [3.05, 3.63) is 29.8 Å². The third-order valence-corrected chi connectivity index (χ3v) is 3.54. The number of nitrogens with zero attached hydrogens (tertiary/aromatic N) is 2. The van der Waals surface area contributed by atoms with Gasteiger partial charge in [-0.15, -0.1) is 0 Å². The molecule has 2 atom stereocenters. The summed E-state index contributed by atoms with van der Waals surface area (Å²) in [4.78, 5) is 2.34. The Morgan fingerprint density at radius 3 is 3.12 bits per heavy atom. The van der Waals surface area contributed by atoms with Crippen LogP contribution in [-0.4, -0.2) is 25.8 Å². The minimum absolute atomic E-state index is 0.0650. The molecule has 0 amide bonds. The Bertz CT molecular complexity index is 438. The zero-order valence-corrected chi connectivity index (χ0v) is 9.10. The number of benzene rings is 1. The SMILES string of the molecule is N#C[C@@H]1Cc2ccccc2N2CCOC[C@@H]12. The average Bonchev–Trinajstić information content (AvgIpc) is 2.38. The van der Waals surface area contributed by atoms with Crippen LogP contribution >= 0.6 is 0 Å². The third kappa shape index (κ3) is 1.38. The summed E-state index contributed by atoms with van der Waals surface area (Å²) in [6.45, 7) is 2.36. The molecule has 1 saturated heterocycles. The van der Waals surface area contributed by atoms with Gasteiger partial charge in [-0.25, -0.2) is 0 Å². The summed E-state index contributed by atoms with van der Waals surface area (Å²) in [6, 6.07) is 11.1. The first-order chi connectivity index (χ1) is 7.90. The van der Waals surface area contributed by atoms with Crippen molar-refractivity contribution < 1.29 is 4.74 Å². The van der Waals surface area contributed by atoms with E-state index in [9.17, 15) is 5.26 Å². The lowest BCUT2D eigenvalue weighted by Crippen LogP contribution is -2.52. The van der Waals surface area contributed by atoms with E-state index in [0.29, 0.717) is 6.61 Å². The number of anilines is 1. The molecular formula is C13H14N2O. The van der Waals surface area contributed by atoms with Crippen LogP contribution in [0.1, 0.15) is 5.56 Å². The molecule has 0 spiro atoms. The van der Waals surface area contributed by atoms with E-state index in [1.807, 2.05) is 6.07 Å². The van der Waals surface area contributed by atoms with E-state index in [1.54, 1.807) is 0 Å². The van der Waals surface area contributed by atoms with Crippen molar-refractivity contribution in [3.8, 4) is 6.07 Å². The first kappa shape index (κ1) is 9.68. The molecule has 2 aliphatic heterocycles. The molecule has 3 heteroatoms. The van der Waals surface area contributed by atoms with Crippen molar-refractivity contribution in [1.82, 2.24) is 0 Å². The van der Waals surface area contributed by atoms with E-state index in [1.165, 1.54) is 11.3 Å². The highest BCUT2D eigenvalue weighted by Crippen LogP contribution is 2.34. The zero-order valence-electron chi connectivity index (χ0n) is 9.10. The second-order valence-electron chi connectivity index (χ2n) is 4.40. The van der Waals surface area contributed by atoms with Gasteiger partial charge in [0, 0.05) is 12.2 Å². The van der Waals surface area contributed by atoms with Crippen molar-refractivity contribution in [3.63, 3.8) is 0 Å². The number of nitriles is 1. The first-order valence-electron chi connectivity index (χ1n) is 5.72. The number of para-hydroxylation sites is 1. The van der Waals surface area contributed by atoms with Crippen LogP contribution in [0.15, 0.2) is 24.3 Å². The lowest BCUT2D eigenvalue weighted by atomic mass is 9.86. The Hall–Kier alpha value is -1.53. The molecule has 1 fully saturated rings. The van der Waals surface area contributed by atoms with Gasteiger partial charge in [-0.2, -0.15) is 5.26 Å². The van der Waals surface area contributed by atoms with Crippen LogP contribution < -0.4 is 4.90 Å². The number of morpholine rings is 1. The van der Waals surface area contributed by atoms with Gasteiger partial charge in [0.05, 0.1) is 31.2 Å². The van der Waals surface area contributed by atoms with Crippen LogP contribution in [0.5, 0.6) is 0 Å². The van der Waals surface area contributed by atoms with E-state index >= 15 is 0 Å². The van der Waals surface area contributed by atoms with Crippen LogP contribution in [0.2, 0.25) is 0 Å². The highest BCUT2D eigenvalue weighted by atomic mass is 16.5. The monoisotopic (exact) mass is 214 g/mol. The molecule has 0 bridgehead atoms. The minimum atomic E-state index is 0.0650. The highest BCUT2D eigenvalue weighted by Gasteiger charge is 2.36. The average molecular weight is 214 g/mol. The van der Waals surface area contributed by atoms with E-state index in [4.69, 9.17) is 4.74 Å². The summed E-state index contributed by atoms with van der Waals surface area (Å²) in [6.07, 6.45) is 0.858. The Morgan fingerprint density at radius 2 is 2.25 bits per heavy atom. The summed E-state index contributed by atoms with van der Waals surface area (Å²) in [5.74, 6) is 0.0650. The number of fused-ring (bicyclic) bond motifs is 3. The molecule has 1 aromatic rings. The number of rotatable bonds is 0. The Kier molecular flexibility index (Phi) is 2.30. The maximum atomic E-state index is 9.22. The standard InChI is InChI=1S/C13H14N2O/c14-8-11-7-10-3-1-2-4-12(10)15-5-6-16-9-13(11)15/h1-4,11,13H,5-7,9H2/t11-,13-/m0/s1. The van der Waals surface area contributed by atoms with Crippen molar-refractivity contribution in [2.75, 3.05) is 24.7 Å². The quantitative estimate of drug-likeness (QED) is 0.658. The maximum absolute atomic E-state index is 9.22. The van der Waals surface area contributed by atoms with Gasteiger partial charge in [-0.1, -0.05) is 18.2 Å². The zero-order chi connectivity index (χ0) is 11.0. The Labute approximate surface area is 95.2 Å². The first-order valence-corrected chi connectivity index (χ1v) is 5.72. The molecule has 3 nitrogen and oxygen atoms in total. The van der Waals surface area contributed by atoms with E-state index < -0.39 is 0 Å². The molecular weight excluding hydrogens is 200 g/mol. The van der Waals surface area contributed by atoms with E-state index in [2.05, 4.69) is 29.2 Å². The highest BCUT2D eigenvalue weighted by molar-refractivity contribution is 5.57. The molecule has 0 aliphatic carbocycles. The fraction of sp³-hybridized carbons (Fsp3) is 0.462. The third-order valence-electron chi connectivity index (χ3n) is 3.54. The molecule has 0 saturated carbocycles. The van der Waals surface area contributed by atoms with Gasteiger partial charge in [-0.05, 0) is 18.1 Å². The summed E-state index contributed by atoms with van der Waals surface area (Å²) < 4.78 is 5.49. The van der Waals surface area contributed by atoms with Gasteiger partial charge < -0.3 is 9.64 Å². The fourth-order valence-electron chi connectivity index (χ4n) is 2.72. The van der Waals surface area contributed by atoms with Crippen molar-refractivity contribution in [2.24, 2.45) is 5.92 Å². The lowest BCUT2D eigenvalue weighted by molar-refractivity contribution is 0.0803. The number of hydrogen-bond acceptors (Lipinski definition) is 3. The number of hydrogen-bond donors (Lipinski definition) is 0. The molecule has 2 aliphatic rings. The van der Waals surface area contributed by atoms with Gasteiger partial charge in [0.2, 0.25) is 0 Å². The summed E-state index contributed by atoms with van der Waals surface area (Å²) in [7, 11) is 0. The van der Waals surface area contributed by atoms with Crippen LogP contribution in [0.25, 0.3) is 0 Å². The van der Waals surface area contributed by atoms with Crippen molar-refractivity contribution in [2.45, 2.75) is 12.5 Å². The van der Waals surface area contributed by atoms with Crippen molar-refractivity contribution in [1.29, 1.82) is 5.26 Å². The van der Waals surface area contributed by atoms with Crippen LogP contribution in [0.4, 0.5) is 5.69 Å². The van der Waals surface area contributed by atoms with Crippen LogP contribution in [-0.2, 0) is 11.2 Å².